The van der Waals surface area contributed by atoms with Gasteiger partial charge in [-0.05, 0) is 18.9 Å². The molecule has 1 aliphatic rings. The molecule has 1 saturated heterocycles. The summed E-state index contributed by atoms with van der Waals surface area (Å²) in [4.78, 5) is 23.7. The van der Waals surface area contributed by atoms with Gasteiger partial charge in [0.2, 0.25) is 0 Å². The molecule has 114 valence electrons. The molecule has 1 aromatic heterocycles. The van der Waals surface area contributed by atoms with Crippen LogP contribution in [0.4, 0.5) is 0 Å². The van der Waals surface area contributed by atoms with Crippen molar-refractivity contribution in [3.8, 4) is 11.3 Å². The number of rotatable bonds is 3. The van der Waals surface area contributed by atoms with Crippen molar-refractivity contribution in [1.29, 1.82) is 0 Å². The normalized spacial score (nSPS) is 17.2. The molecular formula is C15H16N4O3. The molecule has 0 unspecified atom stereocenters. The Labute approximate surface area is 127 Å². The molecule has 0 spiro atoms. The molecule has 0 radical (unpaired) electrons. The Hall–Kier alpha value is -2.67. The predicted octanol–water partition coefficient (Wildman–Crippen LogP) is 1.02. The van der Waals surface area contributed by atoms with Crippen molar-refractivity contribution in [2.45, 2.75) is 18.9 Å². The fourth-order valence-electron chi connectivity index (χ4n) is 2.25. The number of aromatic nitrogens is 2. The van der Waals surface area contributed by atoms with Gasteiger partial charge in [-0.2, -0.15) is 5.10 Å². The minimum atomic E-state index is -0.484. The molecule has 0 saturated carbocycles. The van der Waals surface area contributed by atoms with E-state index in [9.17, 15) is 9.59 Å². The number of hydrogen-bond acceptors (Lipinski definition) is 4. The summed E-state index contributed by atoms with van der Waals surface area (Å²) in [5.74, 6) is -0.797. The summed E-state index contributed by atoms with van der Waals surface area (Å²) in [5.41, 5.74) is 6.55. The molecule has 0 bridgehead atoms. The largest absolute Gasteiger partial charge is 0.368 e. The average Bonchev–Trinajstić information content (AvgIpc) is 3.24. The van der Waals surface area contributed by atoms with Gasteiger partial charge < -0.3 is 4.74 Å². The minimum absolute atomic E-state index is 0.270. The van der Waals surface area contributed by atoms with Crippen LogP contribution in [0.5, 0.6) is 0 Å². The van der Waals surface area contributed by atoms with Gasteiger partial charge in [-0.15, -0.1) is 0 Å². The van der Waals surface area contributed by atoms with Crippen LogP contribution in [-0.4, -0.2) is 34.7 Å². The lowest BCUT2D eigenvalue weighted by molar-refractivity contribution is -0.130. The summed E-state index contributed by atoms with van der Waals surface area (Å²) in [6, 6.07) is 11.1. The fourth-order valence-corrected chi connectivity index (χ4v) is 2.25. The van der Waals surface area contributed by atoms with Crippen LogP contribution in [-0.2, 0) is 9.53 Å². The lowest BCUT2D eigenvalue weighted by Crippen LogP contribution is -2.46. The Morgan fingerprint density at radius 3 is 2.77 bits per heavy atom. The molecule has 22 heavy (non-hydrogen) atoms. The predicted molar refractivity (Wildman–Crippen MR) is 78.6 cm³/mol. The maximum absolute atomic E-state index is 12.0. The monoisotopic (exact) mass is 300 g/mol. The number of nitrogens with one attached hydrogen (secondary N) is 3. The number of hydrogen-bond donors (Lipinski definition) is 3. The van der Waals surface area contributed by atoms with E-state index in [1.54, 1.807) is 6.07 Å². The molecule has 1 atom stereocenters. The molecule has 0 aliphatic carbocycles. The van der Waals surface area contributed by atoms with E-state index in [1.807, 2.05) is 30.3 Å². The Kier molecular flexibility index (Phi) is 4.15. The van der Waals surface area contributed by atoms with E-state index < -0.39 is 12.0 Å². The number of aromatic amines is 1. The first-order valence-corrected chi connectivity index (χ1v) is 7.06. The summed E-state index contributed by atoms with van der Waals surface area (Å²) in [6.45, 7) is 0.576. The molecule has 3 rings (SSSR count). The maximum atomic E-state index is 12.0. The van der Waals surface area contributed by atoms with Crippen molar-refractivity contribution in [1.82, 2.24) is 21.0 Å². The molecule has 1 aromatic carbocycles. The molecule has 7 nitrogen and oxygen atoms in total. The lowest BCUT2D eigenvalue weighted by atomic mass is 10.1. The van der Waals surface area contributed by atoms with E-state index >= 15 is 0 Å². The van der Waals surface area contributed by atoms with Gasteiger partial charge >= 0.3 is 0 Å². The average molecular weight is 300 g/mol. The number of amides is 2. The highest BCUT2D eigenvalue weighted by Gasteiger charge is 2.24. The van der Waals surface area contributed by atoms with Crippen LogP contribution in [0.1, 0.15) is 23.3 Å². The topological polar surface area (TPSA) is 96.1 Å². The van der Waals surface area contributed by atoms with Crippen LogP contribution in [0, 0.1) is 0 Å². The lowest BCUT2D eigenvalue weighted by Gasteiger charge is -2.10. The van der Waals surface area contributed by atoms with Crippen molar-refractivity contribution in [2.24, 2.45) is 0 Å². The van der Waals surface area contributed by atoms with Crippen LogP contribution < -0.4 is 10.9 Å². The van der Waals surface area contributed by atoms with E-state index in [4.69, 9.17) is 4.74 Å². The minimum Gasteiger partial charge on any atom is -0.368 e. The van der Waals surface area contributed by atoms with E-state index in [2.05, 4.69) is 21.0 Å². The Morgan fingerprint density at radius 1 is 1.23 bits per heavy atom. The number of hydrazine groups is 1. The molecular weight excluding hydrogens is 284 g/mol. The highest BCUT2D eigenvalue weighted by Crippen LogP contribution is 2.16. The summed E-state index contributed by atoms with van der Waals surface area (Å²) < 4.78 is 5.23. The zero-order valence-corrected chi connectivity index (χ0v) is 11.8. The molecule has 2 heterocycles. The number of nitrogens with zero attached hydrogens (tertiary/aromatic N) is 1. The van der Waals surface area contributed by atoms with Crippen molar-refractivity contribution < 1.29 is 14.3 Å². The fraction of sp³-hybridized carbons (Fsp3) is 0.267. The standard InChI is InChI=1S/C15H16N4O3/c20-14(18-19-15(21)13-7-4-8-22-13)12-9-11(16-17-12)10-5-2-1-3-6-10/h1-3,5-6,9,13H,4,7-8H2,(H,16,17)(H,18,20)(H,19,21)/t13-/m0/s1. The van der Waals surface area contributed by atoms with Gasteiger partial charge in [-0.1, -0.05) is 30.3 Å². The van der Waals surface area contributed by atoms with E-state index in [0.29, 0.717) is 18.7 Å². The second-order valence-corrected chi connectivity index (χ2v) is 4.98. The van der Waals surface area contributed by atoms with Crippen LogP contribution in [0.25, 0.3) is 11.3 Å². The zero-order valence-electron chi connectivity index (χ0n) is 11.8. The smallest absolute Gasteiger partial charge is 0.287 e. The molecule has 7 heteroatoms. The molecule has 1 aliphatic heterocycles. The third-order valence-electron chi connectivity index (χ3n) is 3.41. The maximum Gasteiger partial charge on any atom is 0.287 e. The molecule has 2 amide bonds. The van der Waals surface area contributed by atoms with Crippen LogP contribution in [0.2, 0.25) is 0 Å². The van der Waals surface area contributed by atoms with Crippen molar-refractivity contribution in [3.63, 3.8) is 0 Å². The van der Waals surface area contributed by atoms with Crippen molar-refractivity contribution >= 4 is 11.8 Å². The first kappa shape index (κ1) is 14.3. The molecule has 3 N–H and O–H groups in total. The van der Waals surface area contributed by atoms with Gasteiger partial charge in [-0.3, -0.25) is 25.5 Å². The second kappa shape index (κ2) is 6.40. The van der Waals surface area contributed by atoms with E-state index in [1.165, 1.54) is 0 Å². The number of carbonyl (C=O) groups is 2. The number of ether oxygens (including phenoxy) is 1. The highest BCUT2D eigenvalue weighted by atomic mass is 16.5. The number of carbonyl (C=O) groups excluding carboxylic acids is 2. The number of benzene rings is 1. The van der Waals surface area contributed by atoms with Crippen LogP contribution in [0.15, 0.2) is 36.4 Å². The van der Waals surface area contributed by atoms with E-state index in [-0.39, 0.29) is 11.6 Å². The van der Waals surface area contributed by atoms with Crippen molar-refractivity contribution in [3.05, 3.63) is 42.1 Å². The number of H-pyrrole nitrogens is 1. The zero-order chi connectivity index (χ0) is 15.4. The summed E-state index contributed by atoms with van der Waals surface area (Å²) in [6.07, 6.45) is 1.04. The van der Waals surface area contributed by atoms with Gasteiger partial charge in [0.1, 0.15) is 11.8 Å². The van der Waals surface area contributed by atoms with Crippen LogP contribution >= 0.6 is 0 Å². The summed E-state index contributed by atoms with van der Waals surface area (Å²) >= 11 is 0. The quantitative estimate of drug-likeness (QED) is 0.737. The molecule has 2 aromatic rings. The first-order valence-electron chi connectivity index (χ1n) is 7.06. The van der Waals surface area contributed by atoms with Gasteiger partial charge in [0, 0.05) is 12.2 Å². The third kappa shape index (κ3) is 3.15. The Bertz CT molecular complexity index is 662. The van der Waals surface area contributed by atoms with Crippen LogP contribution in [0.3, 0.4) is 0 Å². The Morgan fingerprint density at radius 2 is 2.05 bits per heavy atom. The van der Waals surface area contributed by atoms with Gasteiger partial charge in [0.05, 0.1) is 5.69 Å². The Balaban J connectivity index is 1.59. The highest BCUT2D eigenvalue weighted by molar-refractivity contribution is 5.95. The first-order chi connectivity index (χ1) is 10.7. The van der Waals surface area contributed by atoms with Gasteiger partial charge in [0.25, 0.3) is 11.8 Å². The molecule has 1 fully saturated rings. The van der Waals surface area contributed by atoms with E-state index in [0.717, 1.165) is 12.0 Å². The SMILES string of the molecule is O=C(NNC(=O)[C@@H]1CCCO1)c1cc(-c2ccccc2)n[nH]1. The van der Waals surface area contributed by atoms with Crippen molar-refractivity contribution in [2.75, 3.05) is 6.61 Å². The summed E-state index contributed by atoms with van der Waals surface area (Å²) in [7, 11) is 0. The summed E-state index contributed by atoms with van der Waals surface area (Å²) in [5, 5.41) is 6.74. The third-order valence-corrected chi connectivity index (χ3v) is 3.41. The van der Waals surface area contributed by atoms with Gasteiger partial charge in [-0.25, -0.2) is 0 Å². The second-order valence-electron chi connectivity index (χ2n) is 4.98. The van der Waals surface area contributed by atoms with Gasteiger partial charge in [0.15, 0.2) is 0 Å².